The van der Waals surface area contributed by atoms with Gasteiger partial charge in [0.2, 0.25) is 5.91 Å². The van der Waals surface area contributed by atoms with Crippen molar-refractivity contribution < 1.29 is 9.59 Å². The normalized spacial score (nSPS) is 9.83. The number of hydrogen-bond acceptors (Lipinski definition) is 3. The molecule has 0 aromatic heterocycles. The number of carbonyl (C=O) groups excluding carboxylic acids is 2. The van der Waals surface area contributed by atoms with Crippen LogP contribution >= 0.6 is 12.2 Å². The van der Waals surface area contributed by atoms with E-state index in [1.807, 2.05) is 19.1 Å². The smallest absolute Gasteiger partial charge is 0.255 e. The van der Waals surface area contributed by atoms with Crippen LogP contribution in [0.4, 0.5) is 11.4 Å². The Morgan fingerprint density at radius 3 is 1.91 bits per heavy atom. The Morgan fingerprint density at radius 1 is 0.870 bits per heavy atom. The van der Waals surface area contributed by atoms with Crippen molar-refractivity contribution >= 4 is 40.5 Å². The fourth-order valence-electron chi connectivity index (χ4n) is 1.87. The largest absolute Gasteiger partial charge is 0.332 e. The van der Waals surface area contributed by atoms with Crippen LogP contribution in [0.25, 0.3) is 0 Å². The maximum absolute atomic E-state index is 12.1. The first-order valence-electron chi connectivity index (χ1n) is 7.01. The second-order valence-electron chi connectivity index (χ2n) is 5.03. The lowest BCUT2D eigenvalue weighted by atomic mass is 10.1. The maximum atomic E-state index is 12.1. The van der Waals surface area contributed by atoms with Crippen molar-refractivity contribution in [2.24, 2.45) is 0 Å². The zero-order valence-corrected chi connectivity index (χ0v) is 13.7. The quantitative estimate of drug-likeness (QED) is 0.758. The van der Waals surface area contributed by atoms with Crippen LogP contribution in [-0.2, 0) is 4.79 Å². The molecule has 2 aromatic carbocycles. The minimum absolute atomic E-state index is 0.167. The Bertz CT molecular complexity index is 725. The Kier molecular flexibility index (Phi) is 5.43. The lowest BCUT2D eigenvalue weighted by molar-refractivity contribution is -0.117. The predicted molar refractivity (Wildman–Crippen MR) is 95.6 cm³/mol. The zero-order chi connectivity index (χ0) is 16.8. The van der Waals surface area contributed by atoms with Gasteiger partial charge in [-0.15, -0.1) is 0 Å². The molecule has 5 nitrogen and oxygen atoms in total. The van der Waals surface area contributed by atoms with Gasteiger partial charge in [-0.05, 0) is 55.5 Å². The molecule has 0 saturated carbocycles. The molecule has 0 unspecified atom stereocenters. The number of nitrogens with one attached hydrogen (secondary N) is 3. The highest BCUT2D eigenvalue weighted by molar-refractivity contribution is 7.80. The van der Waals surface area contributed by atoms with E-state index in [4.69, 9.17) is 12.2 Å². The molecule has 0 bridgehead atoms. The van der Waals surface area contributed by atoms with Gasteiger partial charge in [0, 0.05) is 23.9 Å². The summed E-state index contributed by atoms with van der Waals surface area (Å²) in [4.78, 5) is 23.0. The monoisotopic (exact) mass is 327 g/mol. The molecule has 0 spiro atoms. The van der Waals surface area contributed by atoms with Gasteiger partial charge in [0.05, 0.1) is 0 Å². The van der Waals surface area contributed by atoms with Gasteiger partial charge >= 0.3 is 0 Å². The third-order valence-corrected chi connectivity index (χ3v) is 3.21. The summed E-state index contributed by atoms with van der Waals surface area (Å²) in [7, 11) is 0. The lowest BCUT2D eigenvalue weighted by Gasteiger charge is -2.09. The van der Waals surface area contributed by atoms with Gasteiger partial charge in [-0.3, -0.25) is 9.59 Å². The molecule has 0 aliphatic carbocycles. The molecule has 2 aromatic rings. The third kappa shape index (κ3) is 5.19. The molecule has 0 heterocycles. The van der Waals surface area contributed by atoms with E-state index in [1.165, 1.54) is 6.92 Å². The highest BCUT2D eigenvalue weighted by atomic mass is 32.1. The van der Waals surface area contributed by atoms with E-state index in [0.29, 0.717) is 11.3 Å². The van der Waals surface area contributed by atoms with E-state index in [-0.39, 0.29) is 16.9 Å². The SMILES string of the molecule is CC(=O)NC(=S)Nc1ccc(NC(=O)c2ccc(C)cc2)cc1. The fourth-order valence-corrected chi connectivity index (χ4v) is 2.13. The molecule has 0 radical (unpaired) electrons. The molecule has 2 amide bonds. The predicted octanol–water partition coefficient (Wildman–Crippen LogP) is 3.08. The summed E-state index contributed by atoms with van der Waals surface area (Å²) in [5, 5.41) is 8.41. The molecule has 3 N–H and O–H groups in total. The number of rotatable bonds is 3. The molecule has 0 fully saturated rings. The molecular weight excluding hydrogens is 310 g/mol. The summed E-state index contributed by atoms with van der Waals surface area (Å²) in [6.45, 7) is 3.36. The van der Waals surface area contributed by atoms with Gasteiger partial charge < -0.3 is 16.0 Å². The molecule has 2 rings (SSSR count). The molecule has 118 valence electrons. The number of benzene rings is 2. The third-order valence-electron chi connectivity index (χ3n) is 3.00. The molecule has 0 atom stereocenters. The summed E-state index contributed by atoms with van der Waals surface area (Å²) in [5.41, 5.74) is 3.10. The van der Waals surface area contributed by atoms with Gasteiger partial charge in [-0.2, -0.15) is 0 Å². The van der Waals surface area contributed by atoms with Crippen molar-refractivity contribution in [1.82, 2.24) is 5.32 Å². The molecule has 0 aliphatic rings. The Morgan fingerprint density at radius 2 is 1.39 bits per heavy atom. The first-order valence-corrected chi connectivity index (χ1v) is 7.41. The standard InChI is InChI=1S/C17H17N3O2S/c1-11-3-5-13(6-4-11)16(22)19-14-7-9-15(10-8-14)20-17(23)18-12(2)21/h3-10H,1-2H3,(H,19,22)(H2,18,20,21,23). The van der Waals surface area contributed by atoms with E-state index in [1.54, 1.807) is 36.4 Å². The summed E-state index contributed by atoms with van der Waals surface area (Å²) >= 11 is 4.98. The van der Waals surface area contributed by atoms with E-state index >= 15 is 0 Å². The van der Waals surface area contributed by atoms with E-state index in [9.17, 15) is 9.59 Å². The summed E-state index contributed by atoms with van der Waals surface area (Å²) in [6, 6.07) is 14.4. The van der Waals surface area contributed by atoms with Crippen molar-refractivity contribution in [2.45, 2.75) is 13.8 Å². The second kappa shape index (κ2) is 7.51. The Labute approximate surface area is 140 Å². The Balaban J connectivity index is 1.97. The number of amides is 2. The van der Waals surface area contributed by atoms with Crippen molar-refractivity contribution in [3.05, 3.63) is 59.7 Å². The van der Waals surface area contributed by atoms with Crippen molar-refractivity contribution in [1.29, 1.82) is 0 Å². The lowest BCUT2D eigenvalue weighted by Crippen LogP contribution is -2.32. The highest BCUT2D eigenvalue weighted by Gasteiger charge is 2.06. The van der Waals surface area contributed by atoms with Crippen molar-refractivity contribution in [3.8, 4) is 0 Å². The van der Waals surface area contributed by atoms with E-state index < -0.39 is 0 Å². The minimum atomic E-state index is -0.232. The molecular formula is C17H17N3O2S. The second-order valence-corrected chi connectivity index (χ2v) is 5.44. The van der Waals surface area contributed by atoms with Gasteiger partial charge in [0.15, 0.2) is 5.11 Å². The number of hydrogen-bond donors (Lipinski definition) is 3. The summed E-state index contributed by atoms with van der Waals surface area (Å²) < 4.78 is 0. The first-order chi connectivity index (χ1) is 10.9. The first kappa shape index (κ1) is 16.6. The van der Waals surface area contributed by atoms with Crippen LogP contribution in [0.5, 0.6) is 0 Å². The van der Waals surface area contributed by atoms with Crippen LogP contribution in [0.1, 0.15) is 22.8 Å². The summed E-state index contributed by atoms with van der Waals surface area (Å²) in [6.07, 6.45) is 0. The van der Waals surface area contributed by atoms with Gasteiger partial charge in [-0.25, -0.2) is 0 Å². The van der Waals surface area contributed by atoms with Crippen LogP contribution in [-0.4, -0.2) is 16.9 Å². The van der Waals surface area contributed by atoms with Crippen molar-refractivity contribution in [2.75, 3.05) is 10.6 Å². The average molecular weight is 327 g/mol. The Hall–Kier alpha value is -2.73. The van der Waals surface area contributed by atoms with Gasteiger partial charge in [-0.1, -0.05) is 17.7 Å². The number of aryl methyl sites for hydroxylation is 1. The van der Waals surface area contributed by atoms with E-state index in [2.05, 4.69) is 16.0 Å². The number of carbonyl (C=O) groups is 2. The minimum Gasteiger partial charge on any atom is -0.332 e. The number of thiocarbonyl (C=S) groups is 1. The van der Waals surface area contributed by atoms with Crippen LogP contribution in [0.15, 0.2) is 48.5 Å². The topological polar surface area (TPSA) is 70.2 Å². The van der Waals surface area contributed by atoms with Crippen molar-refractivity contribution in [3.63, 3.8) is 0 Å². The molecule has 23 heavy (non-hydrogen) atoms. The molecule has 0 aliphatic heterocycles. The molecule has 0 saturated heterocycles. The highest BCUT2D eigenvalue weighted by Crippen LogP contribution is 2.15. The average Bonchev–Trinajstić information content (AvgIpc) is 2.49. The van der Waals surface area contributed by atoms with Crippen LogP contribution < -0.4 is 16.0 Å². The van der Waals surface area contributed by atoms with E-state index in [0.717, 1.165) is 11.3 Å². The van der Waals surface area contributed by atoms with Crippen LogP contribution in [0.3, 0.4) is 0 Å². The van der Waals surface area contributed by atoms with Gasteiger partial charge in [0.25, 0.3) is 5.91 Å². The molecule has 6 heteroatoms. The number of anilines is 2. The fraction of sp³-hybridized carbons (Fsp3) is 0.118. The zero-order valence-electron chi connectivity index (χ0n) is 12.8. The van der Waals surface area contributed by atoms with Gasteiger partial charge in [0.1, 0.15) is 0 Å². The maximum Gasteiger partial charge on any atom is 0.255 e. The van der Waals surface area contributed by atoms with Crippen LogP contribution in [0.2, 0.25) is 0 Å². The summed E-state index contributed by atoms with van der Waals surface area (Å²) in [5.74, 6) is -0.399. The van der Waals surface area contributed by atoms with Crippen LogP contribution in [0, 0.1) is 6.92 Å².